The molecule has 1 fully saturated rings. The van der Waals surface area contributed by atoms with E-state index in [0.717, 1.165) is 36.8 Å². The third-order valence-electron chi connectivity index (χ3n) is 4.11. The molecule has 0 radical (unpaired) electrons. The minimum Gasteiger partial charge on any atom is -0.388 e. The van der Waals surface area contributed by atoms with Crippen LogP contribution in [-0.2, 0) is 0 Å². The van der Waals surface area contributed by atoms with Gasteiger partial charge >= 0.3 is 0 Å². The Morgan fingerprint density at radius 1 is 1.41 bits per heavy atom. The Morgan fingerprint density at radius 2 is 2.06 bits per heavy atom. The van der Waals surface area contributed by atoms with E-state index < -0.39 is 6.10 Å². The fourth-order valence-electron chi connectivity index (χ4n) is 2.94. The predicted molar refractivity (Wildman–Crippen MR) is 66.1 cm³/mol. The van der Waals surface area contributed by atoms with E-state index in [-0.39, 0.29) is 11.2 Å². The maximum Gasteiger partial charge on any atom is 0.123 e. The summed E-state index contributed by atoms with van der Waals surface area (Å²) < 4.78 is 13.1. The zero-order valence-corrected chi connectivity index (χ0v) is 10.2. The van der Waals surface area contributed by atoms with Crippen molar-refractivity contribution in [3.8, 4) is 0 Å². The number of hydrogen-bond acceptors (Lipinski definition) is 2. The number of aliphatic hydroxyl groups excluding tert-OH is 1. The van der Waals surface area contributed by atoms with Crippen molar-refractivity contribution in [2.45, 2.75) is 38.7 Å². The molecule has 0 spiro atoms. The lowest BCUT2D eigenvalue weighted by Gasteiger charge is -2.34. The highest BCUT2D eigenvalue weighted by Gasteiger charge is 2.40. The van der Waals surface area contributed by atoms with Crippen molar-refractivity contribution in [1.29, 1.82) is 0 Å². The van der Waals surface area contributed by atoms with Crippen LogP contribution in [-0.4, -0.2) is 11.7 Å². The van der Waals surface area contributed by atoms with E-state index >= 15 is 0 Å². The molecule has 1 unspecified atom stereocenters. The molecule has 0 saturated heterocycles. The SMILES string of the molecule is Cc1cc(F)ccc1C(O)C1(CN)CCCC1. The van der Waals surface area contributed by atoms with Gasteiger partial charge in [0.15, 0.2) is 0 Å². The van der Waals surface area contributed by atoms with Gasteiger partial charge in [-0.05, 0) is 43.0 Å². The van der Waals surface area contributed by atoms with E-state index in [9.17, 15) is 9.50 Å². The minimum absolute atomic E-state index is 0.206. The Kier molecular flexibility index (Phi) is 3.50. The van der Waals surface area contributed by atoms with Gasteiger partial charge in [-0.1, -0.05) is 18.9 Å². The molecule has 1 saturated carbocycles. The van der Waals surface area contributed by atoms with Gasteiger partial charge in [0.25, 0.3) is 0 Å². The zero-order chi connectivity index (χ0) is 12.5. The second-order valence-corrected chi connectivity index (χ2v) is 5.18. The van der Waals surface area contributed by atoms with E-state index in [1.807, 2.05) is 6.92 Å². The molecular formula is C14H20FNO. The van der Waals surface area contributed by atoms with E-state index in [0.29, 0.717) is 6.54 Å². The summed E-state index contributed by atoms with van der Waals surface area (Å²) in [6.07, 6.45) is 3.59. The topological polar surface area (TPSA) is 46.2 Å². The molecule has 2 nitrogen and oxygen atoms in total. The van der Waals surface area contributed by atoms with Crippen molar-refractivity contribution in [2.24, 2.45) is 11.1 Å². The van der Waals surface area contributed by atoms with Crippen molar-refractivity contribution < 1.29 is 9.50 Å². The first-order valence-electron chi connectivity index (χ1n) is 6.23. The van der Waals surface area contributed by atoms with Crippen molar-refractivity contribution in [2.75, 3.05) is 6.54 Å². The van der Waals surface area contributed by atoms with E-state index in [1.54, 1.807) is 6.07 Å². The highest BCUT2D eigenvalue weighted by molar-refractivity contribution is 5.30. The third-order valence-corrected chi connectivity index (χ3v) is 4.11. The Morgan fingerprint density at radius 3 is 2.59 bits per heavy atom. The molecule has 1 aromatic rings. The average molecular weight is 237 g/mol. The molecule has 0 amide bonds. The maximum absolute atomic E-state index is 13.1. The van der Waals surface area contributed by atoms with Gasteiger partial charge in [0.2, 0.25) is 0 Å². The van der Waals surface area contributed by atoms with Crippen molar-refractivity contribution >= 4 is 0 Å². The fraction of sp³-hybridized carbons (Fsp3) is 0.571. The first kappa shape index (κ1) is 12.5. The molecule has 1 atom stereocenters. The Hall–Kier alpha value is -0.930. The molecule has 1 aliphatic rings. The molecule has 0 heterocycles. The van der Waals surface area contributed by atoms with Gasteiger partial charge in [0.1, 0.15) is 5.82 Å². The van der Waals surface area contributed by atoms with Gasteiger partial charge in [0.05, 0.1) is 6.10 Å². The average Bonchev–Trinajstić information content (AvgIpc) is 2.78. The second kappa shape index (κ2) is 4.75. The van der Waals surface area contributed by atoms with E-state index in [1.165, 1.54) is 12.1 Å². The molecule has 94 valence electrons. The van der Waals surface area contributed by atoms with E-state index in [4.69, 9.17) is 5.73 Å². The van der Waals surface area contributed by atoms with Gasteiger partial charge in [-0.25, -0.2) is 4.39 Å². The second-order valence-electron chi connectivity index (χ2n) is 5.18. The summed E-state index contributed by atoms with van der Waals surface area (Å²) in [5, 5.41) is 10.5. The lowest BCUT2D eigenvalue weighted by atomic mass is 9.76. The van der Waals surface area contributed by atoms with Crippen LogP contribution in [0.4, 0.5) is 4.39 Å². The number of rotatable bonds is 3. The third kappa shape index (κ3) is 2.22. The normalized spacial score (nSPS) is 20.5. The summed E-state index contributed by atoms with van der Waals surface area (Å²) in [5.74, 6) is -0.258. The van der Waals surface area contributed by atoms with Crippen LogP contribution in [0, 0.1) is 18.2 Å². The highest BCUT2D eigenvalue weighted by atomic mass is 19.1. The number of benzene rings is 1. The number of hydrogen-bond donors (Lipinski definition) is 2. The molecule has 1 aliphatic carbocycles. The number of nitrogens with two attached hydrogens (primary N) is 1. The van der Waals surface area contributed by atoms with Gasteiger partial charge in [-0.2, -0.15) is 0 Å². The summed E-state index contributed by atoms with van der Waals surface area (Å²) in [7, 11) is 0. The van der Waals surface area contributed by atoms with Crippen LogP contribution < -0.4 is 5.73 Å². The van der Waals surface area contributed by atoms with Crippen LogP contribution >= 0.6 is 0 Å². The smallest absolute Gasteiger partial charge is 0.123 e. The maximum atomic E-state index is 13.1. The van der Waals surface area contributed by atoms with Crippen LogP contribution in [0.2, 0.25) is 0 Å². The van der Waals surface area contributed by atoms with E-state index in [2.05, 4.69) is 0 Å². The minimum atomic E-state index is -0.574. The van der Waals surface area contributed by atoms with Crippen molar-refractivity contribution in [3.63, 3.8) is 0 Å². The molecule has 1 aromatic carbocycles. The zero-order valence-electron chi connectivity index (χ0n) is 10.2. The molecule has 2 rings (SSSR count). The molecule has 3 N–H and O–H groups in total. The number of aryl methyl sites for hydroxylation is 1. The Labute approximate surface area is 102 Å². The summed E-state index contributed by atoms with van der Waals surface area (Å²) in [6.45, 7) is 2.33. The van der Waals surface area contributed by atoms with Crippen LogP contribution in [0.15, 0.2) is 18.2 Å². The van der Waals surface area contributed by atoms with Gasteiger partial charge < -0.3 is 10.8 Å². The fourth-order valence-corrected chi connectivity index (χ4v) is 2.94. The summed E-state index contributed by atoms with van der Waals surface area (Å²) in [5.41, 5.74) is 7.27. The summed E-state index contributed by atoms with van der Waals surface area (Å²) in [6, 6.07) is 4.56. The summed E-state index contributed by atoms with van der Waals surface area (Å²) in [4.78, 5) is 0. The van der Waals surface area contributed by atoms with Crippen molar-refractivity contribution in [1.82, 2.24) is 0 Å². The highest BCUT2D eigenvalue weighted by Crippen LogP contribution is 2.47. The number of halogens is 1. The molecular weight excluding hydrogens is 217 g/mol. The quantitative estimate of drug-likeness (QED) is 0.849. The lowest BCUT2D eigenvalue weighted by molar-refractivity contribution is 0.0328. The standard InChI is InChI=1S/C14H20FNO/c1-10-8-11(15)4-5-12(10)13(17)14(9-16)6-2-3-7-14/h4-5,8,13,17H,2-3,6-7,9,16H2,1H3. The van der Waals surface area contributed by atoms with Crippen LogP contribution in [0.25, 0.3) is 0 Å². The molecule has 0 aliphatic heterocycles. The van der Waals surface area contributed by atoms with Crippen molar-refractivity contribution in [3.05, 3.63) is 35.1 Å². The predicted octanol–water partition coefficient (Wildman–Crippen LogP) is 2.69. The first-order chi connectivity index (χ1) is 8.09. The van der Waals surface area contributed by atoms with Crippen LogP contribution in [0.3, 0.4) is 0 Å². The monoisotopic (exact) mass is 237 g/mol. The van der Waals surface area contributed by atoms with Gasteiger partial charge in [-0.15, -0.1) is 0 Å². The van der Waals surface area contributed by atoms with Crippen LogP contribution in [0.5, 0.6) is 0 Å². The molecule has 0 bridgehead atoms. The molecule has 0 aromatic heterocycles. The van der Waals surface area contributed by atoms with Gasteiger partial charge in [-0.3, -0.25) is 0 Å². The lowest BCUT2D eigenvalue weighted by Crippen LogP contribution is -2.34. The molecule has 3 heteroatoms. The number of aliphatic hydroxyl groups is 1. The Balaban J connectivity index is 2.32. The summed E-state index contributed by atoms with van der Waals surface area (Å²) >= 11 is 0. The Bertz CT molecular complexity index is 399. The molecule has 17 heavy (non-hydrogen) atoms. The first-order valence-corrected chi connectivity index (χ1v) is 6.23. The van der Waals surface area contributed by atoms with Gasteiger partial charge in [0, 0.05) is 12.0 Å². The largest absolute Gasteiger partial charge is 0.388 e. The van der Waals surface area contributed by atoms with Crippen LogP contribution in [0.1, 0.15) is 42.9 Å².